The van der Waals surface area contributed by atoms with Gasteiger partial charge in [0.25, 0.3) is 0 Å². The van der Waals surface area contributed by atoms with Crippen LogP contribution in [0.3, 0.4) is 0 Å². The average molecular weight is 331 g/mol. The normalized spacial score (nSPS) is 16.0. The quantitative estimate of drug-likeness (QED) is 0.833. The lowest BCUT2D eigenvalue weighted by atomic mass is 10.0. The van der Waals surface area contributed by atoms with Gasteiger partial charge < -0.3 is 10.2 Å². The minimum atomic E-state index is -0.392. The van der Waals surface area contributed by atoms with Crippen LogP contribution in [0.25, 0.3) is 0 Å². The van der Waals surface area contributed by atoms with Crippen LogP contribution in [0.1, 0.15) is 44.7 Å². The minimum Gasteiger partial charge on any atom is -0.355 e. The monoisotopic (exact) mass is 331 g/mol. The SMILES string of the molecule is CCNC(=O)CN(CC)[C@@H](C(=O)N1CCCCC1)c1ccccc1. The molecule has 24 heavy (non-hydrogen) atoms. The number of nitrogens with one attached hydrogen (secondary N) is 1. The molecule has 1 aliphatic rings. The molecule has 0 aliphatic carbocycles. The summed E-state index contributed by atoms with van der Waals surface area (Å²) in [6.45, 7) is 7.04. The van der Waals surface area contributed by atoms with Crippen molar-refractivity contribution in [2.45, 2.75) is 39.2 Å². The molecule has 5 heteroatoms. The molecule has 1 aromatic rings. The number of rotatable bonds is 7. The van der Waals surface area contributed by atoms with E-state index in [0.717, 1.165) is 31.5 Å². The lowest BCUT2D eigenvalue weighted by Gasteiger charge is -2.35. The molecule has 1 heterocycles. The Morgan fingerprint density at radius 1 is 1.12 bits per heavy atom. The Labute approximate surface area is 145 Å². The number of amides is 2. The highest BCUT2D eigenvalue weighted by Crippen LogP contribution is 2.24. The average Bonchev–Trinajstić information content (AvgIpc) is 2.63. The molecule has 1 fully saturated rings. The van der Waals surface area contributed by atoms with Gasteiger partial charge in [0.05, 0.1) is 6.54 Å². The van der Waals surface area contributed by atoms with Gasteiger partial charge >= 0.3 is 0 Å². The number of likely N-dealkylation sites (N-methyl/N-ethyl adjacent to an activating group) is 2. The third kappa shape index (κ3) is 4.81. The van der Waals surface area contributed by atoms with E-state index in [-0.39, 0.29) is 18.4 Å². The predicted octanol–water partition coefficient (Wildman–Crippen LogP) is 2.20. The summed E-state index contributed by atoms with van der Waals surface area (Å²) in [5.41, 5.74) is 0.958. The molecular weight excluding hydrogens is 302 g/mol. The molecule has 1 saturated heterocycles. The third-order valence-corrected chi connectivity index (χ3v) is 4.51. The van der Waals surface area contributed by atoms with E-state index in [0.29, 0.717) is 13.1 Å². The number of benzene rings is 1. The van der Waals surface area contributed by atoms with Gasteiger partial charge in [0.2, 0.25) is 11.8 Å². The van der Waals surface area contributed by atoms with Crippen LogP contribution in [-0.2, 0) is 9.59 Å². The molecule has 2 amide bonds. The highest BCUT2D eigenvalue weighted by Gasteiger charge is 2.32. The fourth-order valence-electron chi connectivity index (χ4n) is 3.26. The van der Waals surface area contributed by atoms with Crippen LogP contribution in [0.15, 0.2) is 30.3 Å². The summed E-state index contributed by atoms with van der Waals surface area (Å²) >= 11 is 0. The molecule has 1 atom stereocenters. The number of hydrogen-bond acceptors (Lipinski definition) is 3. The van der Waals surface area contributed by atoms with E-state index >= 15 is 0 Å². The van der Waals surface area contributed by atoms with E-state index in [2.05, 4.69) is 5.32 Å². The van der Waals surface area contributed by atoms with E-state index in [9.17, 15) is 9.59 Å². The Bertz CT molecular complexity index is 527. The first-order valence-corrected chi connectivity index (χ1v) is 9.01. The van der Waals surface area contributed by atoms with Gasteiger partial charge in [0.1, 0.15) is 6.04 Å². The Kier molecular flexibility index (Phi) is 7.25. The van der Waals surface area contributed by atoms with E-state index < -0.39 is 6.04 Å². The lowest BCUT2D eigenvalue weighted by Crippen LogP contribution is -2.47. The summed E-state index contributed by atoms with van der Waals surface area (Å²) in [6.07, 6.45) is 3.32. The van der Waals surface area contributed by atoms with Crippen LogP contribution in [0.2, 0.25) is 0 Å². The minimum absolute atomic E-state index is 0.0354. The zero-order valence-corrected chi connectivity index (χ0v) is 14.8. The van der Waals surface area contributed by atoms with Crippen molar-refractivity contribution in [3.8, 4) is 0 Å². The molecule has 0 unspecified atom stereocenters. The topological polar surface area (TPSA) is 52.7 Å². The zero-order chi connectivity index (χ0) is 17.4. The van der Waals surface area contributed by atoms with E-state index in [1.165, 1.54) is 6.42 Å². The Balaban J connectivity index is 2.23. The summed E-state index contributed by atoms with van der Waals surface area (Å²) in [5.74, 6) is 0.0822. The highest BCUT2D eigenvalue weighted by molar-refractivity contribution is 5.85. The molecule has 1 aliphatic heterocycles. The predicted molar refractivity (Wildman–Crippen MR) is 95.5 cm³/mol. The van der Waals surface area contributed by atoms with Crippen LogP contribution in [0, 0.1) is 0 Å². The summed E-state index contributed by atoms with van der Waals surface area (Å²) in [5, 5.41) is 2.83. The Morgan fingerprint density at radius 2 is 1.79 bits per heavy atom. The van der Waals surface area contributed by atoms with Crippen molar-refractivity contribution in [2.75, 3.05) is 32.7 Å². The van der Waals surface area contributed by atoms with Gasteiger partial charge in [-0.1, -0.05) is 37.3 Å². The van der Waals surface area contributed by atoms with Crippen LogP contribution < -0.4 is 5.32 Å². The van der Waals surface area contributed by atoms with Crippen molar-refractivity contribution in [2.24, 2.45) is 0 Å². The first kappa shape index (κ1) is 18.5. The zero-order valence-electron chi connectivity index (χ0n) is 14.8. The molecule has 0 aromatic heterocycles. The molecule has 5 nitrogen and oxygen atoms in total. The molecule has 0 radical (unpaired) electrons. The van der Waals surface area contributed by atoms with E-state index in [4.69, 9.17) is 0 Å². The number of carbonyl (C=O) groups is 2. The third-order valence-electron chi connectivity index (χ3n) is 4.51. The molecule has 0 spiro atoms. The molecule has 1 N–H and O–H groups in total. The maximum absolute atomic E-state index is 13.2. The van der Waals surface area contributed by atoms with Crippen molar-refractivity contribution >= 4 is 11.8 Å². The molecule has 1 aromatic carbocycles. The number of likely N-dealkylation sites (tertiary alicyclic amines) is 1. The second-order valence-corrected chi connectivity index (χ2v) is 6.22. The maximum Gasteiger partial charge on any atom is 0.244 e. The molecule has 2 rings (SSSR count). The van der Waals surface area contributed by atoms with Gasteiger partial charge in [0.15, 0.2) is 0 Å². The van der Waals surface area contributed by atoms with Gasteiger partial charge in [-0.25, -0.2) is 0 Å². The van der Waals surface area contributed by atoms with Crippen LogP contribution in [0.4, 0.5) is 0 Å². The van der Waals surface area contributed by atoms with Crippen molar-refractivity contribution < 1.29 is 9.59 Å². The second-order valence-electron chi connectivity index (χ2n) is 6.22. The van der Waals surface area contributed by atoms with Crippen molar-refractivity contribution in [3.05, 3.63) is 35.9 Å². The van der Waals surface area contributed by atoms with Crippen LogP contribution >= 0.6 is 0 Å². The fraction of sp³-hybridized carbons (Fsp3) is 0.579. The van der Waals surface area contributed by atoms with Gasteiger partial charge in [-0.05, 0) is 38.3 Å². The smallest absolute Gasteiger partial charge is 0.244 e. The summed E-state index contributed by atoms with van der Waals surface area (Å²) < 4.78 is 0. The highest BCUT2D eigenvalue weighted by atomic mass is 16.2. The van der Waals surface area contributed by atoms with Crippen molar-refractivity contribution in [1.82, 2.24) is 15.1 Å². The number of hydrogen-bond donors (Lipinski definition) is 1. The molecular formula is C19H29N3O2. The van der Waals surface area contributed by atoms with Crippen LogP contribution in [-0.4, -0.2) is 54.3 Å². The van der Waals surface area contributed by atoms with Gasteiger partial charge in [0, 0.05) is 19.6 Å². The van der Waals surface area contributed by atoms with Crippen molar-refractivity contribution in [1.29, 1.82) is 0 Å². The lowest BCUT2D eigenvalue weighted by molar-refractivity contribution is -0.139. The molecule has 0 saturated carbocycles. The number of nitrogens with zero attached hydrogens (tertiary/aromatic N) is 2. The van der Waals surface area contributed by atoms with Crippen molar-refractivity contribution in [3.63, 3.8) is 0 Å². The first-order valence-electron chi connectivity index (χ1n) is 9.01. The maximum atomic E-state index is 13.2. The van der Waals surface area contributed by atoms with E-state index in [1.807, 2.05) is 54.0 Å². The largest absolute Gasteiger partial charge is 0.355 e. The fourth-order valence-corrected chi connectivity index (χ4v) is 3.26. The second kappa shape index (κ2) is 9.42. The van der Waals surface area contributed by atoms with Gasteiger partial charge in [-0.2, -0.15) is 0 Å². The summed E-state index contributed by atoms with van der Waals surface area (Å²) in [7, 11) is 0. The summed E-state index contributed by atoms with van der Waals surface area (Å²) in [6, 6.07) is 9.42. The molecule has 0 bridgehead atoms. The molecule has 132 valence electrons. The Hall–Kier alpha value is -1.88. The van der Waals surface area contributed by atoms with Gasteiger partial charge in [-0.15, -0.1) is 0 Å². The summed E-state index contributed by atoms with van der Waals surface area (Å²) in [4.78, 5) is 29.2. The first-order chi connectivity index (χ1) is 11.7. The Morgan fingerprint density at radius 3 is 2.38 bits per heavy atom. The van der Waals surface area contributed by atoms with Gasteiger partial charge in [-0.3, -0.25) is 14.5 Å². The van der Waals surface area contributed by atoms with E-state index in [1.54, 1.807) is 0 Å². The number of carbonyl (C=O) groups excluding carboxylic acids is 2. The standard InChI is InChI=1S/C19H29N3O2/c1-3-20-17(23)15-21(4-2)18(16-11-7-5-8-12-16)19(24)22-13-9-6-10-14-22/h5,7-8,11-12,18H,3-4,6,9-10,13-15H2,1-2H3,(H,20,23)/t18-/m1/s1. The number of piperidine rings is 1. The van der Waals surface area contributed by atoms with Crippen LogP contribution in [0.5, 0.6) is 0 Å².